The first-order chi connectivity index (χ1) is 6.76. The Morgan fingerprint density at radius 1 is 1.43 bits per heavy atom. The van der Waals surface area contributed by atoms with Crippen molar-refractivity contribution in [2.45, 2.75) is 0 Å². The van der Waals surface area contributed by atoms with Gasteiger partial charge in [0.2, 0.25) is 0 Å². The fourth-order valence-electron chi connectivity index (χ4n) is 0.921. The van der Waals surface area contributed by atoms with E-state index in [9.17, 15) is 4.79 Å². The molecule has 1 amide bonds. The fraction of sp³-hybridized carbons (Fsp3) is 0.200. The fourth-order valence-corrected chi connectivity index (χ4v) is 0.921. The van der Waals surface area contributed by atoms with Crippen LogP contribution >= 0.6 is 0 Å². The summed E-state index contributed by atoms with van der Waals surface area (Å²) in [6.45, 7) is 3.50. The molecule has 1 radical (unpaired) electrons. The number of benzene rings is 1. The van der Waals surface area contributed by atoms with E-state index in [-0.39, 0.29) is 6.61 Å². The number of nitrogens with one attached hydrogen (secondary N) is 1. The average molecular weight is 194 g/mol. The number of carbonyl (C=O) groups is 1. The molecule has 0 aliphatic heterocycles. The number of ether oxygens (including phenoxy) is 2. The van der Waals surface area contributed by atoms with Gasteiger partial charge in [0.1, 0.15) is 5.75 Å². The van der Waals surface area contributed by atoms with Crippen molar-refractivity contribution in [3.05, 3.63) is 31.2 Å². The van der Waals surface area contributed by atoms with E-state index in [1.54, 1.807) is 31.4 Å². The predicted molar refractivity (Wildman–Crippen MR) is 53.3 cm³/mol. The van der Waals surface area contributed by atoms with Gasteiger partial charge in [-0.1, -0.05) is 0 Å². The largest absolute Gasteiger partial charge is 0.497 e. The monoisotopic (exact) mass is 194 g/mol. The SMILES string of the molecule is [CH2]COC(=O)Nc1ccc(OC)cc1. The molecular formula is C10H12NO3. The highest BCUT2D eigenvalue weighted by molar-refractivity contribution is 5.84. The Labute approximate surface area is 82.8 Å². The summed E-state index contributed by atoms with van der Waals surface area (Å²) in [7, 11) is 1.58. The summed E-state index contributed by atoms with van der Waals surface area (Å²) >= 11 is 0. The third-order valence-electron chi connectivity index (χ3n) is 1.57. The zero-order valence-corrected chi connectivity index (χ0v) is 7.95. The molecule has 4 heteroatoms. The van der Waals surface area contributed by atoms with Crippen molar-refractivity contribution in [3.8, 4) is 5.75 Å². The van der Waals surface area contributed by atoms with Crippen molar-refractivity contribution in [2.75, 3.05) is 19.0 Å². The van der Waals surface area contributed by atoms with Gasteiger partial charge in [0.15, 0.2) is 0 Å². The lowest BCUT2D eigenvalue weighted by Crippen LogP contribution is -2.13. The van der Waals surface area contributed by atoms with Gasteiger partial charge in [0.25, 0.3) is 0 Å². The van der Waals surface area contributed by atoms with E-state index in [4.69, 9.17) is 4.74 Å². The summed E-state index contributed by atoms with van der Waals surface area (Å²) in [6.07, 6.45) is -0.509. The standard InChI is InChI=1S/C10H12NO3/c1-3-14-10(12)11-8-4-6-9(13-2)7-5-8/h4-7H,1,3H2,2H3,(H,11,12). The van der Waals surface area contributed by atoms with Crippen molar-refractivity contribution in [2.24, 2.45) is 0 Å². The highest BCUT2D eigenvalue weighted by Gasteiger charge is 2.00. The van der Waals surface area contributed by atoms with Gasteiger partial charge in [-0.2, -0.15) is 0 Å². The van der Waals surface area contributed by atoms with Crippen LogP contribution in [0.3, 0.4) is 0 Å². The minimum absolute atomic E-state index is 0.113. The Bertz CT molecular complexity index is 295. The second-order valence-corrected chi connectivity index (χ2v) is 2.49. The molecule has 0 saturated carbocycles. The Kier molecular flexibility index (Phi) is 3.79. The lowest BCUT2D eigenvalue weighted by Gasteiger charge is -2.05. The van der Waals surface area contributed by atoms with Gasteiger partial charge in [0, 0.05) is 5.69 Å². The molecule has 75 valence electrons. The van der Waals surface area contributed by atoms with Crippen LogP contribution in [0.15, 0.2) is 24.3 Å². The molecule has 0 saturated heterocycles. The minimum Gasteiger partial charge on any atom is -0.497 e. The number of hydrogen-bond acceptors (Lipinski definition) is 3. The summed E-state index contributed by atoms with van der Waals surface area (Å²) in [5.74, 6) is 0.737. The van der Waals surface area contributed by atoms with E-state index in [1.807, 2.05) is 0 Å². The third kappa shape index (κ3) is 2.97. The molecule has 0 aliphatic carbocycles. The molecule has 1 rings (SSSR count). The van der Waals surface area contributed by atoms with Crippen LogP contribution in [0.5, 0.6) is 5.75 Å². The van der Waals surface area contributed by atoms with Gasteiger partial charge in [0.05, 0.1) is 13.7 Å². The van der Waals surface area contributed by atoms with Crippen LogP contribution in [0.25, 0.3) is 0 Å². The second kappa shape index (κ2) is 5.11. The number of methoxy groups -OCH3 is 1. The molecule has 0 fully saturated rings. The highest BCUT2D eigenvalue weighted by Crippen LogP contribution is 2.14. The van der Waals surface area contributed by atoms with Crippen molar-refractivity contribution in [1.82, 2.24) is 0 Å². The molecule has 1 aromatic rings. The van der Waals surface area contributed by atoms with E-state index < -0.39 is 6.09 Å². The normalized spacial score (nSPS) is 9.29. The van der Waals surface area contributed by atoms with E-state index >= 15 is 0 Å². The molecule has 14 heavy (non-hydrogen) atoms. The molecule has 4 nitrogen and oxygen atoms in total. The quantitative estimate of drug-likeness (QED) is 0.801. The summed E-state index contributed by atoms with van der Waals surface area (Å²) in [6, 6.07) is 6.95. The van der Waals surface area contributed by atoms with Gasteiger partial charge in [-0.15, -0.1) is 0 Å². The summed E-state index contributed by atoms with van der Waals surface area (Å²) < 4.78 is 9.58. The number of hydrogen-bond donors (Lipinski definition) is 1. The summed E-state index contributed by atoms with van der Waals surface area (Å²) in [5.41, 5.74) is 0.657. The van der Waals surface area contributed by atoms with Gasteiger partial charge < -0.3 is 9.47 Å². The first kappa shape index (κ1) is 10.4. The zero-order chi connectivity index (χ0) is 10.4. The van der Waals surface area contributed by atoms with Gasteiger partial charge in [-0.3, -0.25) is 5.32 Å². The van der Waals surface area contributed by atoms with E-state index in [1.165, 1.54) is 0 Å². The Morgan fingerprint density at radius 2 is 2.07 bits per heavy atom. The molecule has 1 N–H and O–H groups in total. The van der Waals surface area contributed by atoms with Gasteiger partial charge in [-0.05, 0) is 31.2 Å². The maximum absolute atomic E-state index is 11.0. The summed E-state index contributed by atoms with van der Waals surface area (Å²) in [4.78, 5) is 11.0. The van der Waals surface area contributed by atoms with Crippen molar-refractivity contribution in [3.63, 3.8) is 0 Å². The Morgan fingerprint density at radius 3 is 2.57 bits per heavy atom. The molecule has 0 aromatic heterocycles. The lowest BCUT2D eigenvalue weighted by atomic mass is 10.3. The van der Waals surface area contributed by atoms with Gasteiger partial charge in [-0.25, -0.2) is 4.79 Å². The maximum Gasteiger partial charge on any atom is 0.411 e. The molecular weight excluding hydrogens is 182 g/mol. The molecule has 0 atom stereocenters. The van der Waals surface area contributed by atoms with Crippen LogP contribution in [-0.2, 0) is 4.74 Å². The summed E-state index contributed by atoms with van der Waals surface area (Å²) in [5, 5.41) is 2.54. The first-order valence-electron chi connectivity index (χ1n) is 4.13. The van der Waals surface area contributed by atoms with E-state index in [0.29, 0.717) is 5.69 Å². The minimum atomic E-state index is -0.509. The number of amides is 1. The molecule has 0 aliphatic rings. The van der Waals surface area contributed by atoms with Crippen molar-refractivity contribution in [1.29, 1.82) is 0 Å². The molecule has 0 heterocycles. The van der Waals surface area contributed by atoms with E-state index in [2.05, 4.69) is 17.0 Å². The van der Waals surface area contributed by atoms with Crippen molar-refractivity contribution < 1.29 is 14.3 Å². The number of anilines is 1. The third-order valence-corrected chi connectivity index (χ3v) is 1.57. The highest BCUT2D eigenvalue weighted by atomic mass is 16.5. The number of carbonyl (C=O) groups excluding carboxylic acids is 1. The van der Waals surface area contributed by atoms with Crippen molar-refractivity contribution >= 4 is 11.8 Å². The Hall–Kier alpha value is -1.71. The van der Waals surface area contributed by atoms with Crippen LogP contribution in [-0.4, -0.2) is 19.8 Å². The van der Waals surface area contributed by atoms with Crippen LogP contribution in [0, 0.1) is 6.92 Å². The van der Waals surface area contributed by atoms with Crippen LogP contribution in [0.1, 0.15) is 0 Å². The smallest absolute Gasteiger partial charge is 0.411 e. The van der Waals surface area contributed by atoms with Crippen LogP contribution in [0.4, 0.5) is 10.5 Å². The molecule has 0 spiro atoms. The Balaban J connectivity index is 2.55. The maximum atomic E-state index is 11.0. The first-order valence-corrected chi connectivity index (χ1v) is 4.13. The topological polar surface area (TPSA) is 47.6 Å². The number of rotatable bonds is 3. The van der Waals surface area contributed by atoms with Gasteiger partial charge >= 0.3 is 6.09 Å². The zero-order valence-electron chi connectivity index (χ0n) is 7.95. The average Bonchev–Trinajstić information content (AvgIpc) is 2.19. The van der Waals surface area contributed by atoms with E-state index in [0.717, 1.165) is 5.75 Å². The lowest BCUT2D eigenvalue weighted by molar-refractivity contribution is 0.173. The predicted octanol–water partition coefficient (Wildman–Crippen LogP) is 2.08. The molecule has 0 unspecified atom stereocenters. The van der Waals surface area contributed by atoms with Crippen LogP contribution < -0.4 is 10.1 Å². The molecule has 1 aromatic carbocycles. The van der Waals surface area contributed by atoms with Crippen LogP contribution in [0.2, 0.25) is 0 Å². The molecule has 0 bridgehead atoms. The second-order valence-electron chi connectivity index (χ2n) is 2.49.